The molecule has 1 amide bonds. The molecule has 0 bridgehead atoms. The monoisotopic (exact) mass is 488 g/mol. The van der Waals surface area contributed by atoms with Gasteiger partial charge in [-0.1, -0.05) is 29.8 Å². The molecule has 3 aromatic rings. The number of amides is 1. The summed E-state index contributed by atoms with van der Waals surface area (Å²) in [6.07, 6.45) is 0.595. The molecule has 3 rings (SSSR count). The molecular formula is C24H25ClN2O5S. The molecule has 9 heteroatoms. The van der Waals surface area contributed by atoms with Gasteiger partial charge in [0.1, 0.15) is 18.0 Å². The van der Waals surface area contributed by atoms with Crippen molar-refractivity contribution in [3.8, 4) is 11.5 Å². The Hall–Kier alpha value is -3.23. The molecule has 3 aromatic carbocycles. The minimum Gasteiger partial charge on any atom is -0.497 e. The van der Waals surface area contributed by atoms with E-state index in [4.69, 9.17) is 21.1 Å². The first kappa shape index (κ1) is 24.4. The third kappa shape index (κ3) is 6.40. The van der Waals surface area contributed by atoms with E-state index >= 15 is 0 Å². The molecule has 0 aromatic heterocycles. The average Bonchev–Trinajstić information content (AvgIpc) is 2.83. The Balaban J connectivity index is 1.75. The van der Waals surface area contributed by atoms with Crippen molar-refractivity contribution in [2.45, 2.75) is 11.3 Å². The molecule has 0 aliphatic heterocycles. The predicted octanol–water partition coefficient (Wildman–Crippen LogP) is 3.91. The molecular weight excluding hydrogens is 464 g/mol. The smallest absolute Gasteiger partial charge is 0.264 e. The fourth-order valence-corrected chi connectivity index (χ4v) is 4.74. The van der Waals surface area contributed by atoms with Crippen LogP contribution in [0.3, 0.4) is 0 Å². The van der Waals surface area contributed by atoms with Crippen LogP contribution < -0.4 is 19.1 Å². The zero-order valence-electron chi connectivity index (χ0n) is 18.3. The number of ether oxygens (including phenoxy) is 2. The van der Waals surface area contributed by atoms with Crippen molar-refractivity contribution < 1.29 is 22.7 Å². The van der Waals surface area contributed by atoms with E-state index in [-0.39, 0.29) is 4.90 Å². The predicted molar refractivity (Wildman–Crippen MR) is 129 cm³/mol. The van der Waals surface area contributed by atoms with Crippen molar-refractivity contribution in [1.29, 1.82) is 0 Å². The molecule has 0 saturated carbocycles. The summed E-state index contributed by atoms with van der Waals surface area (Å²) >= 11 is 6.09. The highest BCUT2D eigenvalue weighted by Crippen LogP contribution is 2.27. The molecule has 174 valence electrons. The number of hydrogen-bond acceptors (Lipinski definition) is 5. The largest absolute Gasteiger partial charge is 0.497 e. The van der Waals surface area contributed by atoms with Gasteiger partial charge in [0.15, 0.2) is 0 Å². The molecule has 0 saturated heterocycles. The van der Waals surface area contributed by atoms with Crippen molar-refractivity contribution in [3.05, 3.63) is 83.4 Å². The lowest BCUT2D eigenvalue weighted by Gasteiger charge is -2.24. The van der Waals surface area contributed by atoms with Gasteiger partial charge in [-0.05, 0) is 66.6 Å². The van der Waals surface area contributed by atoms with Gasteiger partial charge in [-0.15, -0.1) is 0 Å². The summed E-state index contributed by atoms with van der Waals surface area (Å²) in [5.41, 5.74) is 1.32. The van der Waals surface area contributed by atoms with E-state index in [1.807, 2.05) is 24.3 Å². The normalized spacial score (nSPS) is 11.0. The highest BCUT2D eigenvalue weighted by Gasteiger charge is 2.27. The van der Waals surface area contributed by atoms with Gasteiger partial charge in [0.25, 0.3) is 10.0 Å². The molecule has 0 atom stereocenters. The number of rotatable bonds is 10. The topological polar surface area (TPSA) is 84.9 Å². The Bertz CT molecular complexity index is 1180. The number of anilines is 1. The maximum Gasteiger partial charge on any atom is 0.264 e. The Morgan fingerprint density at radius 2 is 1.55 bits per heavy atom. The number of halogens is 1. The minimum atomic E-state index is -4.03. The third-order valence-electron chi connectivity index (χ3n) is 4.93. The van der Waals surface area contributed by atoms with Crippen molar-refractivity contribution in [1.82, 2.24) is 5.32 Å². The van der Waals surface area contributed by atoms with E-state index in [2.05, 4.69) is 5.32 Å². The number of carbonyl (C=O) groups is 1. The number of sulfonamides is 1. The molecule has 0 aliphatic carbocycles. The second-order valence-electron chi connectivity index (χ2n) is 7.12. The van der Waals surface area contributed by atoms with Crippen LogP contribution in [0.1, 0.15) is 5.56 Å². The van der Waals surface area contributed by atoms with E-state index in [9.17, 15) is 13.2 Å². The number of methoxy groups -OCH3 is 2. The molecule has 0 spiro atoms. The number of carbonyl (C=O) groups excluding carboxylic acids is 1. The molecule has 7 nitrogen and oxygen atoms in total. The van der Waals surface area contributed by atoms with Gasteiger partial charge in [-0.3, -0.25) is 9.10 Å². The Labute approximate surface area is 198 Å². The van der Waals surface area contributed by atoms with Crippen molar-refractivity contribution in [2.75, 3.05) is 31.6 Å². The van der Waals surface area contributed by atoms with Crippen LogP contribution in [0.25, 0.3) is 0 Å². The van der Waals surface area contributed by atoms with Gasteiger partial charge in [0.2, 0.25) is 5.91 Å². The maximum absolute atomic E-state index is 13.4. The molecule has 0 unspecified atom stereocenters. The summed E-state index contributed by atoms with van der Waals surface area (Å²) in [6, 6.07) is 19.9. The zero-order chi connectivity index (χ0) is 23.8. The Morgan fingerprint density at radius 1 is 0.939 bits per heavy atom. The summed E-state index contributed by atoms with van der Waals surface area (Å²) in [5, 5.41) is 3.15. The second kappa shape index (κ2) is 11.1. The lowest BCUT2D eigenvalue weighted by molar-refractivity contribution is -0.119. The highest BCUT2D eigenvalue weighted by atomic mass is 35.5. The highest BCUT2D eigenvalue weighted by molar-refractivity contribution is 7.92. The number of nitrogens with one attached hydrogen (secondary N) is 1. The van der Waals surface area contributed by atoms with Gasteiger partial charge in [-0.2, -0.15) is 0 Å². The minimum absolute atomic E-state index is 0.0364. The van der Waals surface area contributed by atoms with Gasteiger partial charge in [-0.25, -0.2) is 8.42 Å². The number of hydrogen-bond donors (Lipinski definition) is 1. The van der Waals surface area contributed by atoms with Gasteiger partial charge in [0.05, 0.1) is 24.8 Å². The van der Waals surface area contributed by atoms with Crippen molar-refractivity contribution in [3.63, 3.8) is 0 Å². The lowest BCUT2D eigenvalue weighted by atomic mass is 10.1. The number of nitrogens with zero attached hydrogens (tertiary/aromatic N) is 1. The molecule has 0 fully saturated rings. The van der Waals surface area contributed by atoms with Crippen LogP contribution >= 0.6 is 11.6 Å². The summed E-state index contributed by atoms with van der Waals surface area (Å²) < 4.78 is 38.1. The Morgan fingerprint density at radius 3 is 2.12 bits per heavy atom. The van der Waals surface area contributed by atoms with E-state index in [1.54, 1.807) is 37.4 Å². The van der Waals surface area contributed by atoms with Gasteiger partial charge < -0.3 is 14.8 Å². The first-order valence-electron chi connectivity index (χ1n) is 10.2. The SMILES string of the molecule is COc1ccc(CCNC(=O)CN(c2cccc(Cl)c2)S(=O)(=O)c2ccc(OC)cc2)cc1. The molecule has 0 aliphatic rings. The van der Waals surface area contributed by atoms with Crippen LogP contribution in [0.4, 0.5) is 5.69 Å². The fourth-order valence-electron chi connectivity index (χ4n) is 3.15. The zero-order valence-corrected chi connectivity index (χ0v) is 19.9. The Kier molecular flexibility index (Phi) is 8.19. The summed E-state index contributed by atoms with van der Waals surface area (Å²) in [5.74, 6) is 0.851. The van der Waals surface area contributed by atoms with Crippen LogP contribution in [0.5, 0.6) is 11.5 Å². The average molecular weight is 489 g/mol. The quantitative estimate of drug-likeness (QED) is 0.467. The standard InChI is InChI=1S/C24H25ClN2O5S/c1-31-21-8-6-18(7-9-21)14-15-26-24(28)17-27(20-5-3-4-19(25)16-20)33(29,30)23-12-10-22(32-2)11-13-23/h3-13,16H,14-15,17H2,1-2H3,(H,26,28). The van der Waals surface area contributed by atoms with Crippen LogP contribution in [0, 0.1) is 0 Å². The summed E-state index contributed by atoms with van der Waals surface area (Å²) in [6.45, 7) is -0.0333. The lowest BCUT2D eigenvalue weighted by Crippen LogP contribution is -2.41. The van der Waals surface area contributed by atoms with Crippen molar-refractivity contribution >= 4 is 33.2 Å². The van der Waals surface area contributed by atoms with Gasteiger partial charge >= 0.3 is 0 Å². The fraction of sp³-hybridized carbons (Fsp3) is 0.208. The van der Waals surface area contributed by atoms with E-state index in [0.29, 0.717) is 29.4 Å². The van der Waals surface area contributed by atoms with Crippen molar-refractivity contribution in [2.24, 2.45) is 0 Å². The first-order chi connectivity index (χ1) is 15.8. The van der Waals surface area contributed by atoms with E-state index < -0.39 is 22.5 Å². The van der Waals surface area contributed by atoms with Crippen LogP contribution in [-0.2, 0) is 21.2 Å². The first-order valence-corrected chi connectivity index (χ1v) is 12.0. The second-order valence-corrected chi connectivity index (χ2v) is 9.41. The number of benzene rings is 3. The van der Waals surface area contributed by atoms with Crippen LogP contribution in [0.2, 0.25) is 5.02 Å². The van der Waals surface area contributed by atoms with Gasteiger partial charge in [0, 0.05) is 11.6 Å². The van der Waals surface area contributed by atoms with E-state index in [1.165, 1.54) is 25.3 Å². The molecule has 0 heterocycles. The summed E-state index contributed by atoms with van der Waals surface area (Å²) in [7, 11) is -0.935. The summed E-state index contributed by atoms with van der Waals surface area (Å²) in [4.78, 5) is 12.7. The third-order valence-corrected chi connectivity index (χ3v) is 6.95. The molecule has 0 radical (unpaired) electrons. The maximum atomic E-state index is 13.4. The van der Waals surface area contributed by atoms with Crippen LogP contribution in [-0.4, -0.2) is 41.6 Å². The van der Waals surface area contributed by atoms with Crippen LogP contribution in [0.15, 0.2) is 77.7 Å². The van der Waals surface area contributed by atoms with E-state index in [0.717, 1.165) is 15.6 Å². The molecule has 33 heavy (non-hydrogen) atoms. The molecule has 1 N–H and O–H groups in total.